The molecular formula is C14H14N4O. The summed E-state index contributed by atoms with van der Waals surface area (Å²) >= 11 is 0. The van der Waals surface area contributed by atoms with Gasteiger partial charge in [-0.25, -0.2) is 0 Å². The third-order valence-corrected chi connectivity index (χ3v) is 3.11. The highest BCUT2D eigenvalue weighted by molar-refractivity contribution is 6.06. The fraction of sp³-hybridized carbons (Fsp3) is 0.143. The third kappa shape index (κ3) is 2.10. The number of nitrogens with one attached hydrogen (secondary N) is 1. The van der Waals surface area contributed by atoms with E-state index in [1.165, 1.54) is 0 Å². The van der Waals surface area contributed by atoms with Gasteiger partial charge in [0.25, 0.3) is 5.91 Å². The number of nitrogens with zero attached hydrogens (tertiary/aromatic N) is 3. The number of hydrogen-bond acceptors (Lipinski definition) is 2. The third-order valence-electron chi connectivity index (χ3n) is 3.11. The van der Waals surface area contributed by atoms with Crippen LogP contribution in [0.3, 0.4) is 0 Å². The van der Waals surface area contributed by atoms with Crippen molar-refractivity contribution < 1.29 is 4.79 Å². The van der Waals surface area contributed by atoms with Gasteiger partial charge in [-0.3, -0.25) is 9.48 Å². The van der Waals surface area contributed by atoms with E-state index in [1.54, 1.807) is 17.1 Å². The minimum absolute atomic E-state index is 0.126. The molecule has 0 saturated heterocycles. The maximum absolute atomic E-state index is 12.1. The first kappa shape index (κ1) is 11.5. The Bertz CT molecular complexity index is 754. The van der Waals surface area contributed by atoms with E-state index in [0.29, 0.717) is 11.3 Å². The molecule has 1 N–H and O–H groups in total. The van der Waals surface area contributed by atoms with E-state index in [1.807, 2.05) is 49.1 Å². The number of benzene rings is 1. The number of carbonyl (C=O) groups excluding carboxylic acids is 1. The van der Waals surface area contributed by atoms with E-state index >= 15 is 0 Å². The van der Waals surface area contributed by atoms with E-state index in [-0.39, 0.29) is 5.91 Å². The number of anilines is 1. The summed E-state index contributed by atoms with van der Waals surface area (Å²) in [7, 11) is 3.80. The predicted octanol–water partition coefficient (Wildman–Crippen LogP) is 2.16. The van der Waals surface area contributed by atoms with Crippen molar-refractivity contribution in [3.63, 3.8) is 0 Å². The summed E-state index contributed by atoms with van der Waals surface area (Å²) in [6.07, 6.45) is 5.37. The summed E-state index contributed by atoms with van der Waals surface area (Å²) in [5.74, 6) is -0.126. The highest BCUT2D eigenvalue weighted by Gasteiger charge is 2.08. The standard InChI is InChI=1S/C14H14N4O/c1-17-6-5-10-7-11(3-4-13(10)17)14(19)16-12-8-15-18(2)9-12/h3-9H,1-2H3,(H,16,19). The second-order valence-electron chi connectivity index (χ2n) is 4.56. The Hall–Kier alpha value is -2.56. The smallest absolute Gasteiger partial charge is 0.255 e. The SMILES string of the molecule is Cn1cc(NC(=O)c2ccc3c(ccn3C)c2)cn1. The zero-order chi connectivity index (χ0) is 13.4. The lowest BCUT2D eigenvalue weighted by molar-refractivity contribution is 0.102. The minimum Gasteiger partial charge on any atom is -0.351 e. The maximum atomic E-state index is 12.1. The van der Waals surface area contributed by atoms with Gasteiger partial charge in [0, 0.05) is 43.0 Å². The predicted molar refractivity (Wildman–Crippen MR) is 74.1 cm³/mol. The Morgan fingerprint density at radius 3 is 2.84 bits per heavy atom. The largest absolute Gasteiger partial charge is 0.351 e. The van der Waals surface area contributed by atoms with E-state index in [4.69, 9.17) is 0 Å². The number of fused-ring (bicyclic) bond motifs is 1. The van der Waals surface area contributed by atoms with Gasteiger partial charge >= 0.3 is 0 Å². The molecule has 0 aliphatic carbocycles. The van der Waals surface area contributed by atoms with E-state index < -0.39 is 0 Å². The second-order valence-corrected chi connectivity index (χ2v) is 4.56. The quantitative estimate of drug-likeness (QED) is 0.762. The van der Waals surface area contributed by atoms with Crippen LogP contribution >= 0.6 is 0 Å². The van der Waals surface area contributed by atoms with Crippen LogP contribution in [-0.2, 0) is 14.1 Å². The Labute approximate surface area is 110 Å². The van der Waals surface area contributed by atoms with Gasteiger partial charge in [-0.1, -0.05) is 0 Å². The van der Waals surface area contributed by atoms with E-state index in [0.717, 1.165) is 10.9 Å². The molecule has 2 aromatic heterocycles. The number of aryl methyl sites for hydroxylation is 2. The molecule has 0 atom stereocenters. The normalized spacial score (nSPS) is 10.8. The summed E-state index contributed by atoms with van der Waals surface area (Å²) in [6.45, 7) is 0. The monoisotopic (exact) mass is 254 g/mol. The number of amides is 1. The van der Waals surface area contributed by atoms with Crippen LogP contribution in [0.15, 0.2) is 42.9 Å². The van der Waals surface area contributed by atoms with Gasteiger partial charge in [0.2, 0.25) is 0 Å². The average Bonchev–Trinajstić information content (AvgIpc) is 2.96. The van der Waals surface area contributed by atoms with Crippen LogP contribution in [0.25, 0.3) is 10.9 Å². The van der Waals surface area contributed by atoms with E-state index in [2.05, 4.69) is 10.4 Å². The number of hydrogen-bond donors (Lipinski definition) is 1. The maximum Gasteiger partial charge on any atom is 0.255 e. The molecule has 0 radical (unpaired) electrons. The summed E-state index contributed by atoms with van der Waals surface area (Å²) < 4.78 is 3.67. The molecule has 19 heavy (non-hydrogen) atoms. The molecule has 0 unspecified atom stereocenters. The first-order valence-corrected chi connectivity index (χ1v) is 5.98. The van der Waals surface area contributed by atoms with Crippen LogP contribution in [0.1, 0.15) is 10.4 Å². The van der Waals surface area contributed by atoms with Crippen molar-refractivity contribution in [2.75, 3.05) is 5.32 Å². The Balaban J connectivity index is 1.89. The summed E-state index contributed by atoms with van der Waals surface area (Å²) in [5.41, 5.74) is 2.45. The van der Waals surface area contributed by atoms with Crippen LogP contribution in [-0.4, -0.2) is 20.3 Å². The van der Waals surface area contributed by atoms with Gasteiger partial charge < -0.3 is 9.88 Å². The van der Waals surface area contributed by atoms with Gasteiger partial charge in [0.15, 0.2) is 0 Å². The fourth-order valence-electron chi connectivity index (χ4n) is 2.11. The number of carbonyl (C=O) groups is 1. The number of rotatable bonds is 2. The molecule has 1 aromatic carbocycles. The van der Waals surface area contributed by atoms with Crippen LogP contribution in [0, 0.1) is 0 Å². The van der Waals surface area contributed by atoms with Crippen LogP contribution < -0.4 is 5.32 Å². The summed E-state index contributed by atoms with van der Waals surface area (Å²) in [6, 6.07) is 7.67. The highest BCUT2D eigenvalue weighted by Crippen LogP contribution is 2.17. The Morgan fingerprint density at radius 2 is 2.11 bits per heavy atom. The fourth-order valence-corrected chi connectivity index (χ4v) is 2.11. The molecule has 0 saturated carbocycles. The first-order chi connectivity index (χ1) is 9.13. The van der Waals surface area contributed by atoms with Crippen LogP contribution in [0.4, 0.5) is 5.69 Å². The van der Waals surface area contributed by atoms with Gasteiger partial charge in [0.1, 0.15) is 0 Å². The van der Waals surface area contributed by atoms with Crippen molar-refractivity contribution in [1.82, 2.24) is 14.3 Å². The highest BCUT2D eigenvalue weighted by atomic mass is 16.1. The molecule has 2 heterocycles. The van der Waals surface area contributed by atoms with Crippen molar-refractivity contribution >= 4 is 22.5 Å². The lowest BCUT2D eigenvalue weighted by Gasteiger charge is -2.03. The van der Waals surface area contributed by atoms with Gasteiger partial charge in [0.05, 0.1) is 11.9 Å². The van der Waals surface area contributed by atoms with Crippen molar-refractivity contribution in [1.29, 1.82) is 0 Å². The van der Waals surface area contributed by atoms with Gasteiger partial charge in [-0.2, -0.15) is 5.10 Å². The van der Waals surface area contributed by atoms with Crippen molar-refractivity contribution in [3.8, 4) is 0 Å². The zero-order valence-corrected chi connectivity index (χ0v) is 10.8. The second kappa shape index (κ2) is 4.28. The lowest BCUT2D eigenvalue weighted by Crippen LogP contribution is -2.11. The molecule has 3 rings (SSSR count). The number of aromatic nitrogens is 3. The molecule has 1 amide bonds. The Kier molecular flexibility index (Phi) is 2.59. The zero-order valence-electron chi connectivity index (χ0n) is 10.8. The molecule has 5 heteroatoms. The molecule has 0 spiro atoms. The van der Waals surface area contributed by atoms with Crippen LogP contribution in [0.2, 0.25) is 0 Å². The molecule has 3 aromatic rings. The van der Waals surface area contributed by atoms with Crippen molar-refractivity contribution in [2.45, 2.75) is 0 Å². The topological polar surface area (TPSA) is 51.9 Å². The molecule has 0 bridgehead atoms. The Morgan fingerprint density at radius 1 is 1.26 bits per heavy atom. The van der Waals surface area contributed by atoms with Crippen molar-refractivity contribution in [2.24, 2.45) is 14.1 Å². The van der Waals surface area contributed by atoms with Gasteiger partial charge in [-0.05, 0) is 24.3 Å². The molecule has 5 nitrogen and oxygen atoms in total. The molecule has 0 aliphatic rings. The summed E-state index contributed by atoms with van der Waals surface area (Å²) in [4.78, 5) is 12.1. The lowest BCUT2D eigenvalue weighted by atomic mass is 10.1. The first-order valence-electron chi connectivity index (χ1n) is 5.98. The van der Waals surface area contributed by atoms with E-state index in [9.17, 15) is 4.79 Å². The van der Waals surface area contributed by atoms with Gasteiger partial charge in [-0.15, -0.1) is 0 Å². The molecule has 96 valence electrons. The average molecular weight is 254 g/mol. The van der Waals surface area contributed by atoms with Crippen LogP contribution in [0.5, 0.6) is 0 Å². The minimum atomic E-state index is -0.126. The summed E-state index contributed by atoms with van der Waals surface area (Å²) in [5, 5.41) is 7.89. The molecular weight excluding hydrogens is 240 g/mol. The molecule has 0 aliphatic heterocycles. The molecule has 0 fully saturated rings. The van der Waals surface area contributed by atoms with Crippen molar-refractivity contribution in [3.05, 3.63) is 48.4 Å².